The minimum atomic E-state index is -0.280. The van der Waals surface area contributed by atoms with Crippen molar-refractivity contribution in [2.45, 2.75) is 26.9 Å². The molecule has 0 bridgehead atoms. The van der Waals surface area contributed by atoms with Gasteiger partial charge in [0.15, 0.2) is 5.82 Å². The molecule has 8 nitrogen and oxygen atoms in total. The van der Waals surface area contributed by atoms with Crippen molar-refractivity contribution >= 4 is 11.7 Å². The lowest BCUT2D eigenvalue weighted by Crippen LogP contribution is -2.26. The Morgan fingerprint density at radius 3 is 2.75 bits per heavy atom. The summed E-state index contributed by atoms with van der Waals surface area (Å²) in [6, 6.07) is 9.46. The van der Waals surface area contributed by atoms with E-state index in [9.17, 15) is 4.79 Å². The number of hydrogen-bond acceptors (Lipinski definition) is 5. The topological polar surface area (TPSA) is 104 Å². The summed E-state index contributed by atoms with van der Waals surface area (Å²) < 4.78 is 3.43. The summed E-state index contributed by atoms with van der Waals surface area (Å²) in [7, 11) is 0. The molecule has 3 rings (SSSR count). The second kappa shape index (κ2) is 6.53. The molecule has 0 radical (unpaired) electrons. The Morgan fingerprint density at radius 2 is 2.04 bits per heavy atom. The van der Waals surface area contributed by atoms with E-state index in [1.807, 2.05) is 41.8 Å². The number of benzene rings is 1. The third kappa shape index (κ3) is 2.85. The molecule has 0 unspecified atom stereocenters. The predicted molar refractivity (Wildman–Crippen MR) is 89.6 cm³/mol. The molecule has 0 saturated carbocycles. The van der Waals surface area contributed by atoms with Crippen LogP contribution in [0.15, 0.2) is 36.7 Å². The Morgan fingerprint density at radius 1 is 1.29 bits per heavy atom. The van der Waals surface area contributed by atoms with E-state index in [4.69, 9.17) is 5.73 Å². The maximum atomic E-state index is 12.5. The zero-order chi connectivity index (χ0) is 17.1. The van der Waals surface area contributed by atoms with Gasteiger partial charge in [0.1, 0.15) is 17.7 Å². The number of nitrogens with one attached hydrogen (secondary N) is 1. The van der Waals surface area contributed by atoms with Gasteiger partial charge >= 0.3 is 0 Å². The Hall–Kier alpha value is -3.16. The molecule has 0 fully saturated rings. The predicted octanol–water partition coefficient (Wildman–Crippen LogP) is 1.30. The van der Waals surface area contributed by atoms with E-state index in [0.717, 1.165) is 12.2 Å². The number of hydrogen-bond donors (Lipinski definition) is 2. The van der Waals surface area contributed by atoms with Crippen LogP contribution in [0.2, 0.25) is 0 Å². The Kier molecular flexibility index (Phi) is 4.28. The van der Waals surface area contributed by atoms with Crippen LogP contribution in [0.1, 0.15) is 28.8 Å². The Balaban J connectivity index is 1.82. The van der Waals surface area contributed by atoms with Gasteiger partial charge in [-0.25, -0.2) is 4.68 Å². The molecule has 0 aliphatic carbocycles. The average molecular weight is 325 g/mol. The van der Waals surface area contributed by atoms with Gasteiger partial charge in [-0.1, -0.05) is 18.2 Å². The van der Waals surface area contributed by atoms with E-state index in [2.05, 4.69) is 20.6 Å². The molecule has 2 aromatic heterocycles. The highest BCUT2D eigenvalue weighted by atomic mass is 16.1. The number of carbonyl (C=O) groups is 1. The molecule has 0 saturated heterocycles. The van der Waals surface area contributed by atoms with Gasteiger partial charge in [0.25, 0.3) is 5.91 Å². The van der Waals surface area contributed by atoms with E-state index in [0.29, 0.717) is 22.9 Å². The van der Waals surface area contributed by atoms with Crippen LogP contribution in [-0.4, -0.2) is 30.5 Å². The van der Waals surface area contributed by atoms with E-state index in [1.165, 1.54) is 0 Å². The van der Waals surface area contributed by atoms with Crippen molar-refractivity contribution in [2.24, 2.45) is 0 Å². The summed E-state index contributed by atoms with van der Waals surface area (Å²) in [4.78, 5) is 12.5. The first-order chi connectivity index (χ1) is 11.6. The van der Waals surface area contributed by atoms with Gasteiger partial charge in [0.2, 0.25) is 0 Å². The Labute approximate surface area is 139 Å². The highest BCUT2D eigenvalue weighted by Crippen LogP contribution is 2.20. The van der Waals surface area contributed by atoms with Gasteiger partial charge in [-0.05, 0) is 26.0 Å². The molecule has 0 atom stereocenters. The smallest absolute Gasteiger partial charge is 0.257 e. The molecule has 24 heavy (non-hydrogen) atoms. The van der Waals surface area contributed by atoms with Crippen molar-refractivity contribution in [3.05, 3.63) is 53.7 Å². The number of carbonyl (C=O) groups excluding carboxylic acids is 1. The monoisotopic (exact) mass is 325 g/mol. The SMILES string of the molecule is CCn1cnnc1CNC(=O)c1c(C)nn(-c2ccccc2)c1N. The first-order valence-corrected chi connectivity index (χ1v) is 7.67. The maximum absolute atomic E-state index is 12.5. The largest absolute Gasteiger partial charge is 0.383 e. The van der Waals surface area contributed by atoms with Crippen molar-refractivity contribution < 1.29 is 4.79 Å². The number of anilines is 1. The number of rotatable bonds is 5. The number of nitrogens with zero attached hydrogens (tertiary/aromatic N) is 5. The summed E-state index contributed by atoms with van der Waals surface area (Å²) in [5, 5.41) is 15.0. The summed E-state index contributed by atoms with van der Waals surface area (Å²) in [6.45, 7) is 4.77. The first kappa shape index (κ1) is 15.7. The zero-order valence-electron chi connectivity index (χ0n) is 13.6. The summed E-state index contributed by atoms with van der Waals surface area (Å²) >= 11 is 0. The van der Waals surface area contributed by atoms with Crippen molar-refractivity contribution in [2.75, 3.05) is 5.73 Å². The molecular formula is C16H19N7O. The number of aryl methyl sites for hydroxylation is 2. The van der Waals surface area contributed by atoms with Crippen LogP contribution in [0.5, 0.6) is 0 Å². The van der Waals surface area contributed by atoms with Gasteiger partial charge in [0.05, 0.1) is 17.9 Å². The summed E-state index contributed by atoms with van der Waals surface area (Å²) in [5.41, 5.74) is 7.91. The first-order valence-electron chi connectivity index (χ1n) is 7.67. The fraction of sp³-hybridized carbons (Fsp3) is 0.250. The van der Waals surface area contributed by atoms with Crippen LogP contribution >= 0.6 is 0 Å². The molecule has 2 heterocycles. The number of amides is 1. The van der Waals surface area contributed by atoms with E-state index >= 15 is 0 Å². The molecular weight excluding hydrogens is 306 g/mol. The van der Waals surface area contributed by atoms with Crippen molar-refractivity contribution in [3.63, 3.8) is 0 Å². The molecule has 3 aromatic rings. The van der Waals surface area contributed by atoms with E-state index in [1.54, 1.807) is 17.9 Å². The molecule has 3 N–H and O–H groups in total. The number of aromatic nitrogens is 5. The third-order valence-electron chi connectivity index (χ3n) is 3.77. The van der Waals surface area contributed by atoms with Crippen LogP contribution in [0, 0.1) is 6.92 Å². The van der Waals surface area contributed by atoms with Crippen LogP contribution < -0.4 is 11.1 Å². The minimum Gasteiger partial charge on any atom is -0.383 e. The molecule has 0 aliphatic rings. The van der Waals surface area contributed by atoms with Crippen molar-refractivity contribution in [3.8, 4) is 5.69 Å². The van der Waals surface area contributed by atoms with Crippen LogP contribution in [0.25, 0.3) is 5.69 Å². The number of nitrogen functional groups attached to an aromatic ring is 1. The quantitative estimate of drug-likeness (QED) is 0.736. The van der Waals surface area contributed by atoms with Gasteiger partial charge in [-0.3, -0.25) is 4.79 Å². The highest BCUT2D eigenvalue weighted by Gasteiger charge is 2.20. The van der Waals surface area contributed by atoms with Gasteiger partial charge in [0, 0.05) is 6.54 Å². The average Bonchev–Trinajstić information content (AvgIpc) is 3.17. The summed E-state index contributed by atoms with van der Waals surface area (Å²) in [5.74, 6) is 0.725. The van der Waals surface area contributed by atoms with E-state index < -0.39 is 0 Å². The second-order valence-electron chi connectivity index (χ2n) is 5.31. The van der Waals surface area contributed by atoms with Crippen LogP contribution in [-0.2, 0) is 13.1 Å². The lowest BCUT2D eigenvalue weighted by molar-refractivity contribution is 0.0949. The highest BCUT2D eigenvalue weighted by molar-refractivity contribution is 5.99. The molecule has 0 spiro atoms. The molecule has 0 aliphatic heterocycles. The standard InChI is InChI=1S/C16H19N7O/c1-3-22-10-19-20-13(22)9-18-16(24)14-11(2)21-23(15(14)17)12-7-5-4-6-8-12/h4-8,10H,3,9,17H2,1-2H3,(H,18,24). The normalized spacial score (nSPS) is 10.8. The van der Waals surface area contributed by atoms with Crippen molar-refractivity contribution in [1.29, 1.82) is 0 Å². The molecule has 8 heteroatoms. The second-order valence-corrected chi connectivity index (χ2v) is 5.31. The molecule has 124 valence electrons. The number of nitrogens with two attached hydrogens (primary N) is 1. The van der Waals surface area contributed by atoms with Crippen LogP contribution in [0.4, 0.5) is 5.82 Å². The molecule has 1 amide bonds. The maximum Gasteiger partial charge on any atom is 0.257 e. The molecule has 1 aromatic carbocycles. The van der Waals surface area contributed by atoms with E-state index in [-0.39, 0.29) is 12.5 Å². The lowest BCUT2D eigenvalue weighted by Gasteiger charge is -2.07. The van der Waals surface area contributed by atoms with Gasteiger partial charge < -0.3 is 15.6 Å². The number of para-hydroxylation sites is 1. The van der Waals surface area contributed by atoms with Gasteiger partial charge in [-0.2, -0.15) is 5.10 Å². The minimum absolute atomic E-state index is 0.280. The summed E-state index contributed by atoms with van der Waals surface area (Å²) in [6.07, 6.45) is 1.63. The van der Waals surface area contributed by atoms with Crippen molar-refractivity contribution in [1.82, 2.24) is 29.9 Å². The third-order valence-corrected chi connectivity index (χ3v) is 3.77. The fourth-order valence-corrected chi connectivity index (χ4v) is 2.52. The van der Waals surface area contributed by atoms with Crippen LogP contribution in [0.3, 0.4) is 0 Å². The zero-order valence-corrected chi connectivity index (χ0v) is 13.6. The Bertz CT molecular complexity index is 851. The van der Waals surface area contributed by atoms with Gasteiger partial charge in [-0.15, -0.1) is 10.2 Å². The lowest BCUT2D eigenvalue weighted by atomic mass is 10.2. The fourth-order valence-electron chi connectivity index (χ4n) is 2.52.